The molecule has 0 aliphatic carbocycles. The zero-order valence-corrected chi connectivity index (χ0v) is 6.28. The van der Waals surface area contributed by atoms with Crippen molar-refractivity contribution in [1.29, 1.82) is 5.26 Å². The maximum atomic E-state index is 8.70. The summed E-state index contributed by atoms with van der Waals surface area (Å²) in [6.45, 7) is 1.43. The van der Waals surface area contributed by atoms with E-state index in [0.29, 0.717) is 5.69 Å². The van der Waals surface area contributed by atoms with Crippen LogP contribution in [0.1, 0.15) is 6.92 Å². The van der Waals surface area contributed by atoms with Crippen molar-refractivity contribution >= 4 is 5.69 Å². The molecule has 0 aliphatic rings. The highest BCUT2D eigenvalue weighted by molar-refractivity contribution is 5.40. The number of anilines is 1. The molecule has 0 fully saturated rings. The Balaban J connectivity index is 0.000000292. The molecule has 11 heavy (non-hydrogen) atoms. The number of nitrogen functional groups attached to an aromatic ring is 1. The second-order valence-corrected chi connectivity index (χ2v) is 1.82. The smallest absolute Gasteiger partial charge is 0.115 e. The van der Waals surface area contributed by atoms with Crippen molar-refractivity contribution in [2.24, 2.45) is 0 Å². The van der Waals surface area contributed by atoms with Crippen LogP contribution in [-0.4, -0.2) is 5.11 Å². The van der Waals surface area contributed by atoms with E-state index in [1.807, 2.05) is 0 Å². The molecule has 0 spiro atoms. The van der Waals surface area contributed by atoms with Crippen molar-refractivity contribution in [3.05, 3.63) is 24.3 Å². The lowest BCUT2D eigenvalue weighted by atomic mass is 10.3. The molecule has 0 saturated heterocycles. The summed E-state index contributed by atoms with van der Waals surface area (Å²) in [5, 5.41) is 16.0. The van der Waals surface area contributed by atoms with Gasteiger partial charge in [0.15, 0.2) is 0 Å². The Morgan fingerprint density at radius 1 is 1.36 bits per heavy atom. The Labute approximate surface area is 65.7 Å². The molecule has 0 saturated carbocycles. The number of rotatable bonds is 0. The van der Waals surface area contributed by atoms with E-state index in [-0.39, 0.29) is 5.75 Å². The number of nitriles is 1. The third kappa shape index (κ3) is 4.79. The molecule has 0 unspecified atom stereocenters. The number of phenols is 1. The first kappa shape index (κ1) is 9.31. The molecule has 1 rings (SSSR count). The van der Waals surface area contributed by atoms with Gasteiger partial charge in [-0.1, -0.05) is 0 Å². The van der Waals surface area contributed by atoms with Crippen LogP contribution in [0.4, 0.5) is 5.69 Å². The van der Waals surface area contributed by atoms with Gasteiger partial charge in [-0.3, -0.25) is 0 Å². The first-order chi connectivity index (χ1) is 5.20. The van der Waals surface area contributed by atoms with Crippen LogP contribution in [0.3, 0.4) is 0 Å². The lowest BCUT2D eigenvalue weighted by Gasteiger charge is -1.89. The van der Waals surface area contributed by atoms with E-state index in [1.165, 1.54) is 6.92 Å². The fourth-order valence-electron chi connectivity index (χ4n) is 0.474. The molecule has 3 N–H and O–H groups in total. The standard InChI is InChI=1S/C6H7NO.C2H3N/c7-5-1-3-6(8)4-2-5;1-2-3/h1-4,8H,7H2;1H3. The number of nitrogens with two attached hydrogens (primary N) is 1. The van der Waals surface area contributed by atoms with Crippen molar-refractivity contribution in [2.45, 2.75) is 6.92 Å². The van der Waals surface area contributed by atoms with Crippen molar-refractivity contribution in [3.63, 3.8) is 0 Å². The third-order valence-corrected chi connectivity index (χ3v) is 0.893. The summed E-state index contributed by atoms with van der Waals surface area (Å²) < 4.78 is 0. The van der Waals surface area contributed by atoms with Gasteiger partial charge in [0.2, 0.25) is 0 Å². The lowest BCUT2D eigenvalue weighted by molar-refractivity contribution is 0.475. The molecular weight excluding hydrogens is 140 g/mol. The SMILES string of the molecule is CC#N.Nc1ccc(O)cc1. The summed E-state index contributed by atoms with van der Waals surface area (Å²) in [5.41, 5.74) is 5.98. The molecule has 0 bridgehead atoms. The highest BCUT2D eigenvalue weighted by atomic mass is 16.3. The van der Waals surface area contributed by atoms with E-state index in [1.54, 1.807) is 30.3 Å². The minimum absolute atomic E-state index is 0.249. The van der Waals surface area contributed by atoms with Gasteiger partial charge in [-0.15, -0.1) is 0 Å². The van der Waals surface area contributed by atoms with Gasteiger partial charge in [0.1, 0.15) is 5.75 Å². The Morgan fingerprint density at radius 2 is 1.73 bits per heavy atom. The summed E-state index contributed by atoms with van der Waals surface area (Å²) in [7, 11) is 0. The van der Waals surface area contributed by atoms with E-state index in [9.17, 15) is 0 Å². The van der Waals surface area contributed by atoms with Gasteiger partial charge in [-0.25, -0.2) is 0 Å². The van der Waals surface area contributed by atoms with Crippen LogP contribution in [0.2, 0.25) is 0 Å². The van der Waals surface area contributed by atoms with Crippen LogP contribution >= 0.6 is 0 Å². The van der Waals surface area contributed by atoms with Crippen LogP contribution in [0, 0.1) is 11.3 Å². The van der Waals surface area contributed by atoms with Crippen molar-refractivity contribution in [2.75, 3.05) is 5.73 Å². The van der Waals surface area contributed by atoms with Crippen LogP contribution in [0.15, 0.2) is 24.3 Å². The van der Waals surface area contributed by atoms with E-state index >= 15 is 0 Å². The molecule has 3 nitrogen and oxygen atoms in total. The third-order valence-electron chi connectivity index (χ3n) is 0.893. The second kappa shape index (κ2) is 5.12. The van der Waals surface area contributed by atoms with Crippen molar-refractivity contribution in [1.82, 2.24) is 0 Å². The molecule has 58 valence electrons. The number of nitrogens with zero attached hydrogens (tertiary/aromatic N) is 1. The van der Waals surface area contributed by atoms with E-state index in [4.69, 9.17) is 16.1 Å². The average Bonchev–Trinajstić information content (AvgIpc) is 1.97. The molecule has 0 amide bonds. The average molecular weight is 150 g/mol. The van der Waals surface area contributed by atoms with Crippen LogP contribution in [0.5, 0.6) is 5.75 Å². The number of hydrogen-bond acceptors (Lipinski definition) is 3. The topological polar surface area (TPSA) is 70.0 Å². The van der Waals surface area contributed by atoms with E-state index in [0.717, 1.165) is 0 Å². The molecule has 3 heteroatoms. The Morgan fingerprint density at radius 3 is 2.00 bits per heavy atom. The van der Waals surface area contributed by atoms with Gasteiger partial charge in [-0.2, -0.15) is 5.26 Å². The number of phenolic OH excluding ortho intramolecular Hbond substituents is 1. The maximum absolute atomic E-state index is 8.70. The van der Waals surface area contributed by atoms with Gasteiger partial charge in [0.05, 0.1) is 6.07 Å². The summed E-state index contributed by atoms with van der Waals surface area (Å²) in [5.74, 6) is 0.249. The van der Waals surface area contributed by atoms with Crippen LogP contribution in [-0.2, 0) is 0 Å². The molecule has 0 aliphatic heterocycles. The van der Waals surface area contributed by atoms with Gasteiger partial charge >= 0.3 is 0 Å². The summed E-state index contributed by atoms with van der Waals surface area (Å²) >= 11 is 0. The maximum Gasteiger partial charge on any atom is 0.115 e. The normalized spacial score (nSPS) is 7.27. The number of hydrogen-bond donors (Lipinski definition) is 2. The minimum Gasteiger partial charge on any atom is -0.508 e. The van der Waals surface area contributed by atoms with Crippen molar-refractivity contribution in [3.8, 4) is 11.8 Å². The zero-order chi connectivity index (χ0) is 8.69. The highest BCUT2D eigenvalue weighted by Crippen LogP contribution is 2.09. The van der Waals surface area contributed by atoms with Gasteiger partial charge in [0.25, 0.3) is 0 Å². The summed E-state index contributed by atoms with van der Waals surface area (Å²) in [4.78, 5) is 0. The fourth-order valence-corrected chi connectivity index (χ4v) is 0.474. The molecule has 1 aromatic carbocycles. The first-order valence-electron chi connectivity index (χ1n) is 3.06. The second-order valence-electron chi connectivity index (χ2n) is 1.82. The van der Waals surface area contributed by atoms with Crippen molar-refractivity contribution < 1.29 is 5.11 Å². The van der Waals surface area contributed by atoms with E-state index in [2.05, 4.69) is 0 Å². The Hall–Kier alpha value is -1.69. The first-order valence-corrected chi connectivity index (χ1v) is 3.06. The molecule has 0 heterocycles. The minimum atomic E-state index is 0.249. The largest absolute Gasteiger partial charge is 0.508 e. The molecule has 0 aromatic heterocycles. The highest BCUT2D eigenvalue weighted by Gasteiger charge is 1.82. The van der Waals surface area contributed by atoms with Crippen LogP contribution < -0.4 is 5.73 Å². The Bertz CT molecular complexity index is 214. The van der Waals surface area contributed by atoms with E-state index < -0.39 is 0 Å². The molecular formula is C8H10N2O. The van der Waals surface area contributed by atoms with Crippen LogP contribution in [0.25, 0.3) is 0 Å². The van der Waals surface area contributed by atoms with Gasteiger partial charge < -0.3 is 10.8 Å². The zero-order valence-electron chi connectivity index (χ0n) is 6.28. The lowest BCUT2D eigenvalue weighted by Crippen LogP contribution is -1.80. The fraction of sp³-hybridized carbons (Fsp3) is 0.125. The molecule has 0 atom stereocenters. The summed E-state index contributed by atoms with van der Waals surface area (Å²) in [6, 6.07) is 8.15. The van der Waals surface area contributed by atoms with Gasteiger partial charge in [0, 0.05) is 12.6 Å². The number of benzene rings is 1. The molecule has 1 aromatic rings. The quantitative estimate of drug-likeness (QED) is 0.435. The summed E-state index contributed by atoms with van der Waals surface area (Å²) in [6.07, 6.45) is 0. The Kier molecular flexibility index (Phi) is 4.34. The monoisotopic (exact) mass is 150 g/mol. The number of aromatic hydroxyl groups is 1. The predicted octanol–water partition coefficient (Wildman–Crippen LogP) is 1.50. The van der Waals surface area contributed by atoms with Gasteiger partial charge in [-0.05, 0) is 24.3 Å². The molecule has 0 radical (unpaired) electrons. The predicted molar refractivity (Wildman–Crippen MR) is 43.8 cm³/mol.